The number of thiophene rings is 1. The summed E-state index contributed by atoms with van der Waals surface area (Å²) in [4.78, 5) is 30.6. The summed E-state index contributed by atoms with van der Waals surface area (Å²) in [5.74, 6) is -0.0266. The summed E-state index contributed by atoms with van der Waals surface area (Å²) in [5.41, 5.74) is 7.07. The Morgan fingerprint density at radius 3 is 2.96 bits per heavy atom. The highest BCUT2D eigenvalue weighted by Crippen LogP contribution is 2.32. The van der Waals surface area contributed by atoms with E-state index < -0.39 is 5.91 Å². The van der Waals surface area contributed by atoms with Gasteiger partial charge < -0.3 is 4.74 Å². The highest BCUT2D eigenvalue weighted by atomic mass is 32.1. The van der Waals surface area contributed by atoms with Crippen LogP contribution in [0.2, 0.25) is 0 Å². The van der Waals surface area contributed by atoms with Crippen LogP contribution in [-0.2, 0) is 29.0 Å². The number of amides is 2. The molecule has 0 saturated heterocycles. The van der Waals surface area contributed by atoms with Gasteiger partial charge in [-0.25, -0.2) is 4.98 Å². The van der Waals surface area contributed by atoms with E-state index in [2.05, 4.69) is 22.8 Å². The van der Waals surface area contributed by atoms with Crippen molar-refractivity contribution in [1.29, 1.82) is 0 Å². The second-order valence-corrected chi connectivity index (χ2v) is 9.23. The SMILES string of the molecule is CC1CCc2sc(C(=O)NNC(=O)COCc3nc4ccccc4s3)cc2C1. The summed E-state index contributed by atoms with van der Waals surface area (Å²) in [6.45, 7) is 2.35. The fraction of sp³-hybridized carbons (Fsp3) is 0.350. The molecule has 8 heteroatoms. The third-order valence-corrected chi connectivity index (χ3v) is 6.91. The lowest BCUT2D eigenvalue weighted by Gasteiger charge is -2.16. The van der Waals surface area contributed by atoms with Gasteiger partial charge in [-0.15, -0.1) is 22.7 Å². The molecule has 1 atom stereocenters. The molecule has 0 spiro atoms. The normalized spacial score (nSPS) is 16.0. The lowest BCUT2D eigenvalue weighted by molar-refractivity contribution is -0.126. The molecule has 2 aromatic heterocycles. The Hall–Kier alpha value is -2.29. The number of para-hydroxylation sites is 1. The molecule has 0 saturated carbocycles. The Morgan fingerprint density at radius 1 is 1.25 bits per heavy atom. The number of hydrazine groups is 1. The minimum atomic E-state index is -0.399. The van der Waals surface area contributed by atoms with Gasteiger partial charge in [-0.1, -0.05) is 19.1 Å². The van der Waals surface area contributed by atoms with Crippen LogP contribution in [0.25, 0.3) is 10.2 Å². The summed E-state index contributed by atoms with van der Waals surface area (Å²) in [6, 6.07) is 9.79. The predicted molar refractivity (Wildman–Crippen MR) is 110 cm³/mol. The van der Waals surface area contributed by atoms with Crippen molar-refractivity contribution in [1.82, 2.24) is 15.8 Å². The number of hydrogen-bond acceptors (Lipinski definition) is 6. The van der Waals surface area contributed by atoms with E-state index in [4.69, 9.17) is 4.74 Å². The number of thiazole rings is 1. The number of carbonyl (C=O) groups excluding carboxylic acids is 2. The second kappa shape index (κ2) is 8.38. The Bertz CT molecular complexity index is 978. The number of hydrogen-bond donors (Lipinski definition) is 2. The summed E-state index contributed by atoms with van der Waals surface area (Å²) >= 11 is 3.05. The van der Waals surface area contributed by atoms with E-state index in [1.54, 1.807) is 11.3 Å². The van der Waals surface area contributed by atoms with Crippen molar-refractivity contribution in [2.24, 2.45) is 5.92 Å². The van der Waals surface area contributed by atoms with E-state index in [-0.39, 0.29) is 19.1 Å². The molecule has 6 nitrogen and oxygen atoms in total. The van der Waals surface area contributed by atoms with E-state index in [1.165, 1.54) is 21.8 Å². The fourth-order valence-electron chi connectivity index (χ4n) is 3.25. The molecular weight excluding hydrogens is 394 g/mol. The van der Waals surface area contributed by atoms with Crippen LogP contribution in [0.15, 0.2) is 30.3 Å². The van der Waals surface area contributed by atoms with Crippen LogP contribution in [0.1, 0.15) is 38.5 Å². The topological polar surface area (TPSA) is 80.3 Å². The lowest BCUT2D eigenvalue weighted by Crippen LogP contribution is -2.43. The van der Waals surface area contributed by atoms with Gasteiger partial charge in [0.25, 0.3) is 11.8 Å². The first-order valence-electron chi connectivity index (χ1n) is 9.21. The quantitative estimate of drug-likeness (QED) is 0.626. The number of benzene rings is 1. The average molecular weight is 416 g/mol. The number of ether oxygens (including phenoxy) is 1. The third-order valence-electron chi connectivity index (χ3n) is 4.67. The van der Waals surface area contributed by atoms with Gasteiger partial charge in [-0.05, 0) is 48.9 Å². The van der Waals surface area contributed by atoms with Crippen LogP contribution in [-0.4, -0.2) is 23.4 Å². The average Bonchev–Trinajstić information content (AvgIpc) is 3.29. The fourth-order valence-corrected chi connectivity index (χ4v) is 5.26. The highest BCUT2D eigenvalue weighted by molar-refractivity contribution is 7.18. The number of nitrogens with one attached hydrogen (secondary N) is 2. The first-order valence-corrected chi connectivity index (χ1v) is 10.8. The van der Waals surface area contributed by atoms with Crippen LogP contribution in [0.5, 0.6) is 0 Å². The zero-order chi connectivity index (χ0) is 19.5. The van der Waals surface area contributed by atoms with Gasteiger partial charge in [0.05, 0.1) is 21.7 Å². The summed E-state index contributed by atoms with van der Waals surface area (Å²) in [7, 11) is 0. The van der Waals surface area contributed by atoms with Gasteiger partial charge >= 0.3 is 0 Å². The second-order valence-electron chi connectivity index (χ2n) is 6.98. The van der Waals surface area contributed by atoms with Gasteiger partial charge in [0.2, 0.25) is 0 Å². The van der Waals surface area contributed by atoms with E-state index in [9.17, 15) is 9.59 Å². The van der Waals surface area contributed by atoms with E-state index in [0.29, 0.717) is 10.8 Å². The largest absolute Gasteiger partial charge is 0.364 e. The Morgan fingerprint density at radius 2 is 2.11 bits per heavy atom. The molecule has 146 valence electrons. The molecule has 3 aromatic rings. The summed E-state index contributed by atoms with van der Waals surface area (Å²) < 4.78 is 6.50. The van der Waals surface area contributed by atoms with Crippen LogP contribution in [0.3, 0.4) is 0 Å². The third kappa shape index (κ3) is 4.40. The van der Waals surface area contributed by atoms with E-state index >= 15 is 0 Å². The maximum Gasteiger partial charge on any atom is 0.279 e. The number of aromatic nitrogens is 1. The molecule has 0 aliphatic heterocycles. The first-order chi connectivity index (χ1) is 13.6. The van der Waals surface area contributed by atoms with Gasteiger partial charge in [0, 0.05) is 4.88 Å². The molecule has 1 aromatic carbocycles. The van der Waals surface area contributed by atoms with Gasteiger partial charge in [-0.3, -0.25) is 20.4 Å². The van der Waals surface area contributed by atoms with Crippen molar-refractivity contribution in [3.63, 3.8) is 0 Å². The molecule has 0 bridgehead atoms. The van der Waals surface area contributed by atoms with Gasteiger partial charge in [-0.2, -0.15) is 0 Å². The molecule has 1 aliphatic rings. The number of aryl methyl sites for hydroxylation is 1. The molecular formula is C20H21N3O3S2. The smallest absolute Gasteiger partial charge is 0.279 e. The summed E-state index contributed by atoms with van der Waals surface area (Å²) in [6.07, 6.45) is 3.21. The molecule has 2 N–H and O–H groups in total. The van der Waals surface area contributed by atoms with Crippen LogP contribution in [0.4, 0.5) is 0 Å². The molecule has 0 fully saturated rings. The number of nitrogens with zero attached hydrogens (tertiary/aromatic N) is 1. The Labute approximate surface area is 170 Å². The maximum atomic E-state index is 12.3. The zero-order valence-electron chi connectivity index (χ0n) is 15.5. The predicted octanol–water partition coefficient (Wildman–Crippen LogP) is 3.46. The van der Waals surface area contributed by atoms with Crippen molar-refractivity contribution in [2.45, 2.75) is 32.8 Å². The zero-order valence-corrected chi connectivity index (χ0v) is 17.1. The standard InChI is InChI=1S/C20H21N3O3S2/c1-12-6-7-15-13(8-12)9-17(27-15)20(25)23-22-18(24)10-26-11-19-21-14-4-2-3-5-16(14)28-19/h2-5,9,12H,6-8,10-11H2,1H3,(H,22,24)(H,23,25). The monoisotopic (exact) mass is 415 g/mol. The van der Waals surface area contributed by atoms with Crippen molar-refractivity contribution in [3.05, 3.63) is 50.7 Å². The van der Waals surface area contributed by atoms with Crippen LogP contribution >= 0.6 is 22.7 Å². The van der Waals surface area contributed by atoms with Crippen molar-refractivity contribution < 1.29 is 14.3 Å². The molecule has 0 radical (unpaired) electrons. The highest BCUT2D eigenvalue weighted by Gasteiger charge is 2.20. The number of rotatable bonds is 5. The Balaban J connectivity index is 1.22. The van der Waals surface area contributed by atoms with Crippen molar-refractivity contribution in [3.8, 4) is 0 Å². The number of fused-ring (bicyclic) bond motifs is 2. The molecule has 2 amide bonds. The van der Waals surface area contributed by atoms with Crippen molar-refractivity contribution >= 4 is 44.7 Å². The Kier molecular flexibility index (Phi) is 5.70. The molecule has 28 heavy (non-hydrogen) atoms. The molecule has 4 rings (SSSR count). The minimum Gasteiger partial charge on any atom is -0.364 e. The van der Waals surface area contributed by atoms with Gasteiger partial charge in [0.1, 0.15) is 11.6 Å². The van der Waals surface area contributed by atoms with E-state index in [1.807, 2.05) is 30.3 Å². The summed E-state index contributed by atoms with van der Waals surface area (Å²) in [5, 5.41) is 0.816. The molecule has 2 heterocycles. The van der Waals surface area contributed by atoms with E-state index in [0.717, 1.165) is 34.5 Å². The van der Waals surface area contributed by atoms with Crippen LogP contribution < -0.4 is 10.9 Å². The number of carbonyl (C=O) groups is 2. The lowest BCUT2D eigenvalue weighted by atomic mass is 9.90. The molecule has 1 unspecified atom stereocenters. The molecule has 1 aliphatic carbocycles. The van der Waals surface area contributed by atoms with Crippen molar-refractivity contribution in [2.75, 3.05) is 6.61 Å². The minimum absolute atomic E-state index is 0.144. The van der Waals surface area contributed by atoms with Gasteiger partial charge in [0.15, 0.2) is 0 Å². The first kappa shape index (κ1) is 19.0. The maximum absolute atomic E-state index is 12.3. The van der Waals surface area contributed by atoms with Crippen LogP contribution in [0, 0.1) is 5.92 Å².